The normalized spacial score (nSPS) is 11.8. The fourth-order valence-corrected chi connectivity index (χ4v) is 4.31. The standard InChI is InChI=1S/C31H34N2O4/c1-3-5-9-26(22-14-16-24(17-15-22)31-33-27-10-6-7-12-29(27)37-31)32-25-20-18-23(19-21-25)28(34)11-8-13-30(35)36-4-2/h6-7,10,12,14-21,26,32H,3-5,8-9,11,13H2,1-2H3. The van der Waals surface area contributed by atoms with Crippen molar-refractivity contribution in [2.45, 2.75) is 58.4 Å². The van der Waals surface area contributed by atoms with Crippen molar-refractivity contribution in [2.24, 2.45) is 0 Å². The number of anilines is 1. The number of esters is 1. The molecule has 37 heavy (non-hydrogen) atoms. The fourth-order valence-electron chi connectivity index (χ4n) is 4.31. The van der Waals surface area contributed by atoms with Crippen LogP contribution in [0.3, 0.4) is 0 Å². The van der Waals surface area contributed by atoms with Gasteiger partial charge < -0.3 is 14.5 Å². The molecular formula is C31H34N2O4. The van der Waals surface area contributed by atoms with Crippen LogP contribution < -0.4 is 5.32 Å². The smallest absolute Gasteiger partial charge is 0.305 e. The van der Waals surface area contributed by atoms with E-state index in [-0.39, 0.29) is 24.2 Å². The number of ketones is 1. The number of nitrogens with zero attached hydrogens (tertiary/aromatic N) is 1. The minimum absolute atomic E-state index is 0.0353. The van der Waals surface area contributed by atoms with E-state index in [1.54, 1.807) is 6.92 Å². The summed E-state index contributed by atoms with van der Waals surface area (Å²) < 4.78 is 10.8. The molecule has 1 aromatic heterocycles. The van der Waals surface area contributed by atoms with Crippen molar-refractivity contribution in [2.75, 3.05) is 11.9 Å². The summed E-state index contributed by atoms with van der Waals surface area (Å²) in [7, 11) is 0. The zero-order valence-electron chi connectivity index (χ0n) is 21.5. The molecule has 6 heteroatoms. The van der Waals surface area contributed by atoms with Crippen LogP contribution in [-0.4, -0.2) is 23.3 Å². The van der Waals surface area contributed by atoms with Crippen molar-refractivity contribution in [3.63, 3.8) is 0 Å². The molecule has 3 aromatic carbocycles. The van der Waals surface area contributed by atoms with Crippen LogP contribution in [0.1, 0.15) is 74.3 Å². The highest BCUT2D eigenvalue weighted by atomic mass is 16.5. The summed E-state index contributed by atoms with van der Waals surface area (Å²) in [5, 5.41) is 3.64. The number of ether oxygens (including phenoxy) is 1. The van der Waals surface area contributed by atoms with Gasteiger partial charge in [0.05, 0.1) is 12.6 Å². The first kappa shape index (κ1) is 26.1. The van der Waals surface area contributed by atoms with Gasteiger partial charge in [0.15, 0.2) is 11.4 Å². The summed E-state index contributed by atoms with van der Waals surface area (Å²) in [6.45, 7) is 4.33. The molecule has 1 atom stereocenters. The highest BCUT2D eigenvalue weighted by Gasteiger charge is 2.14. The van der Waals surface area contributed by atoms with Crippen molar-refractivity contribution in [1.82, 2.24) is 4.98 Å². The monoisotopic (exact) mass is 498 g/mol. The number of benzene rings is 3. The maximum absolute atomic E-state index is 12.5. The van der Waals surface area contributed by atoms with Crippen LogP contribution in [0.15, 0.2) is 77.2 Å². The summed E-state index contributed by atoms with van der Waals surface area (Å²) in [5.74, 6) is 0.399. The van der Waals surface area contributed by atoms with Crippen molar-refractivity contribution >= 4 is 28.5 Å². The van der Waals surface area contributed by atoms with Crippen molar-refractivity contribution < 1.29 is 18.7 Å². The number of para-hydroxylation sites is 2. The second kappa shape index (κ2) is 12.9. The first-order chi connectivity index (χ1) is 18.1. The van der Waals surface area contributed by atoms with Gasteiger partial charge in [-0.25, -0.2) is 4.98 Å². The first-order valence-electron chi connectivity index (χ1n) is 13.1. The van der Waals surface area contributed by atoms with E-state index in [1.165, 1.54) is 5.56 Å². The Balaban J connectivity index is 1.40. The third kappa shape index (κ3) is 7.06. The topological polar surface area (TPSA) is 81.4 Å². The Kier molecular flexibility index (Phi) is 9.08. The van der Waals surface area contributed by atoms with Gasteiger partial charge in [-0.15, -0.1) is 0 Å². The molecule has 1 N–H and O–H groups in total. The van der Waals surface area contributed by atoms with E-state index in [0.29, 0.717) is 30.9 Å². The largest absolute Gasteiger partial charge is 0.466 e. The lowest BCUT2D eigenvalue weighted by Gasteiger charge is -2.21. The molecule has 0 amide bonds. The zero-order valence-corrected chi connectivity index (χ0v) is 21.5. The van der Waals surface area contributed by atoms with Gasteiger partial charge in [0, 0.05) is 29.7 Å². The van der Waals surface area contributed by atoms with Crippen LogP contribution >= 0.6 is 0 Å². The predicted octanol–water partition coefficient (Wildman–Crippen LogP) is 7.75. The summed E-state index contributed by atoms with van der Waals surface area (Å²) in [4.78, 5) is 28.6. The predicted molar refractivity (Wildman–Crippen MR) is 147 cm³/mol. The third-order valence-corrected chi connectivity index (χ3v) is 6.34. The van der Waals surface area contributed by atoms with Crippen LogP contribution in [0.5, 0.6) is 0 Å². The molecular weight excluding hydrogens is 464 g/mol. The SMILES string of the molecule is CCCCC(Nc1ccc(C(=O)CCCC(=O)OCC)cc1)c1ccc(-c2nc3ccccc3o2)cc1. The Morgan fingerprint density at radius 1 is 0.919 bits per heavy atom. The number of hydrogen-bond donors (Lipinski definition) is 1. The Bertz CT molecular complexity index is 1280. The second-order valence-corrected chi connectivity index (χ2v) is 9.11. The highest BCUT2D eigenvalue weighted by Crippen LogP contribution is 2.29. The number of aromatic nitrogens is 1. The molecule has 0 saturated heterocycles. The molecule has 6 nitrogen and oxygen atoms in total. The first-order valence-corrected chi connectivity index (χ1v) is 13.1. The molecule has 0 aliphatic carbocycles. The summed E-state index contributed by atoms with van der Waals surface area (Å²) >= 11 is 0. The van der Waals surface area contributed by atoms with Gasteiger partial charge in [-0.2, -0.15) is 0 Å². The zero-order chi connectivity index (χ0) is 26.0. The molecule has 4 rings (SSSR count). The van der Waals surface area contributed by atoms with Crippen LogP contribution in [0.2, 0.25) is 0 Å². The number of rotatable bonds is 13. The molecule has 0 radical (unpaired) electrons. The summed E-state index contributed by atoms with van der Waals surface area (Å²) in [5.41, 5.74) is 5.39. The minimum Gasteiger partial charge on any atom is -0.466 e. The van der Waals surface area contributed by atoms with Crippen molar-refractivity contribution in [1.29, 1.82) is 0 Å². The van der Waals surface area contributed by atoms with E-state index in [2.05, 4.69) is 41.5 Å². The van der Waals surface area contributed by atoms with E-state index in [4.69, 9.17) is 9.15 Å². The van der Waals surface area contributed by atoms with Crippen LogP contribution in [0.25, 0.3) is 22.6 Å². The quantitative estimate of drug-likeness (QED) is 0.150. The van der Waals surface area contributed by atoms with Gasteiger partial charge in [0.25, 0.3) is 0 Å². The molecule has 1 unspecified atom stereocenters. The van der Waals surface area contributed by atoms with Gasteiger partial charge >= 0.3 is 5.97 Å². The number of nitrogens with one attached hydrogen (secondary N) is 1. The lowest BCUT2D eigenvalue weighted by molar-refractivity contribution is -0.143. The minimum atomic E-state index is -0.255. The van der Waals surface area contributed by atoms with E-state index in [9.17, 15) is 9.59 Å². The Morgan fingerprint density at radius 2 is 1.68 bits per heavy atom. The Labute approximate surface area is 218 Å². The number of oxazole rings is 1. The van der Waals surface area contributed by atoms with Gasteiger partial charge in [0.1, 0.15) is 5.52 Å². The molecule has 0 aliphatic rings. The Hall–Kier alpha value is -3.93. The van der Waals surface area contributed by atoms with E-state index in [0.717, 1.165) is 41.6 Å². The molecule has 4 aromatic rings. The summed E-state index contributed by atoms with van der Waals surface area (Å²) in [6.07, 6.45) is 4.30. The van der Waals surface area contributed by atoms with E-state index < -0.39 is 0 Å². The lowest BCUT2D eigenvalue weighted by atomic mass is 9.99. The van der Waals surface area contributed by atoms with E-state index >= 15 is 0 Å². The molecule has 1 heterocycles. The molecule has 192 valence electrons. The number of hydrogen-bond acceptors (Lipinski definition) is 6. The van der Waals surface area contributed by atoms with Crippen LogP contribution in [0.4, 0.5) is 5.69 Å². The van der Waals surface area contributed by atoms with E-state index in [1.807, 2.05) is 48.5 Å². The van der Waals surface area contributed by atoms with Crippen molar-refractivity contribution in [3.8, 4) is 11.5 Å². The lowest BCUT2D eigenvalue weighted by Crippen LogP contribution is -2.11. The number of fused-ring (bicyclic) bond motifs is 1. The Morgan fingerprint density at radius 3 is 2.38 bits per heavy atom. The molecule has 0 saturated carbocycles. The molecule has 0 bridgehead atoms. The maximum Gasteiger partial charge on any atom is 0.305 e. The average Bonchev–Trinajstić information content (AvgIpc) is 3.36. The highest BCUT2D eigenvalue weighted by molar-refractivity contribution is 5.96. The fraction of sp³-hybridized carbons (Fsp3) is 0.323. The number of carbonyl (C=O) groups excluding carboxylic acids is 2. The molecule has 0 spiro atoms. The van der Waals surface area contributed by atoms with Crippen molar-refractivity contribution in [3.05, 3.63) is 83.9 Å². The third-order valence-electron chi connectivity index (χ3n) is 6.34. The molecule has 0 aliphatic heterocycles. The van der Waals surface area contributed by atoms with Crippen LogP contribution in [0, 0.1) is 0 Å². The van der Waals surface area contributed by atoms with Crippen LogP contribution in [-0.2, 0) is 9.53 Å². The number of unbranched alkanes of at least 4 members (excludes halogenated alkanes) is 1. The maximum atomic E-state index is 12.5. The van der Waals surface area contributed by atoms with Gasteiger partial charge in [0.2, 0.25) is 5.89 Å². The average molecular weight is 499 g/mol. The summed E-state index contributed by atoms with van der Waals surface area (Å²) in [6, 6.07) is 23.9. The van der Waals surface area contributed by atoms with Gasteiger partial charge in [-0.05, 0) is 73.9 Å². The van der Waals surface area contributed by atoms with Gasteiger partial charge in [-0.3, -0.25) is 9.59 Å². The van der Waals surface area contributed by atoms with Gasteiger partial charge in [-0.1, -0.05) is 44.0 Å². The molecule has 0 fully saturated rings. The number of carbonyl (C=O) groups is 2. The number of Topliss-reactive ketones (excluding diaryl/α,β-unsaturated/α-hetero) is 1. The second-order valence-electron chi connectivity index (χ2n) is 9.11.